The Morgan fingerprint density at radius 1 is 1.38 bits per heavy atom. The molecule has 0 N–H and O–H groups in total. The van der Waals surface area contributed by atoms with Crippen LogP contribution in [0, 0.1) is 0 Å². The maximum absolute atomic E-state index is 11.2. The number of carbonyl (C=O) groups is 1. The molecule has 0 fully saturated rings. The Morgan fingerprint density at radius 2 is 2.14 bits per heavy atom. The van der Waals surface area contributed by atoms with E-state index < -0.39 is 5.24 Å². The average molecular weight is 368 g/mol. The van der Waals surface area contributed by atoms with Gasteiger partial charge in [-0.3, -0.25) is 4.79 Å². The van der Waals surface area contributed by atoms with Crippen molar-refractivity contribution < 1.29 is 9.53 Å². The lowest BCUT2D eigenvalue weighted by Crippen LogP contribution is -2.12. The molecular formula is C11H9Cl3N4O2S. The van der Waals surface area contributed by atoms with E-state index in [0.717, 1.165) is 0 Å². The highest BCUT2D eigenvalue weighted by Gasteiger charge is 2.16. The third kappa shape index (κ3) is 3.79. The van der Waals surface area contributed by atoms with Crippen LogP contribution in [0.5, 0.6) is 5.75 Å². The average Bonchev–Trinajstić information content (AvgIpc) is 2.89. The van der Waals surface area contributed by atoms with Crippen molar-refractivity contribution in [2.75, 3.05) is 6.61 Å². The van der Waals surface area contributed by atoms with Gasteiger partial charge in [0.15, 0.2) is 11.6 Å². The van der Waals surface area contributed by atoms with Crippen LogP contribution in [0.25, 0.3) is 0 Å². The van der Waals surface area contributed by atoms with Gasteiger partial charge in [-0.1, -0.05) is 23.2 Å². The molecule has 0 atom stereocenters. The van der Waals surface area contributed by atoms with Crippen molar-refractivity contribution in [3.63, 3.8) is 0 Å². The summed E-state index contributed by atoms with van der Waals surface area (Å²) in [6.45, 7) is 0.597. The van der Waals surface area contributed by atoms with E-state index in [0.29, 0.717) is 18.1 Å². The molecule has 112 valence electrons. The Balaban J connectivity index is 2.10. The molecule has 0 bridgehead atoms. The van der Waals surface area contributed by atoms with Crippen molar-refractivity contribution in [3.8, 4) is 5.75 Å². The highest BCUT2D eigenvalue weighted by Crippen LogP contribution is 2.36. The van der Waals surface area contributed by atoms with Crippen LogP contribution in [-0.4, -0.2) is 32.1 Å². The van der Waals surface area contributed by atoms with E-state index in [9.17, 15) is 4.79 Å². The first kappa shape index (κ1) is 16.4. The minimum absolute atomic E-state index is 0.0774. The molecule has 21 heavy (non-hydrogen) atoms. The minimum Gasteiger partial charge on any atom is -0.488 e. The lowest BCUT2D eigenvalue weighted by Gasteiger charge is -2.11. The number of thiol groups is 1. The number of nitrogens with zero attached hydrogens (tertiary/aromatic N) is 4. The zero-order valence-corrected chi connectivity index (χ0v) is 13.6. The summed E-state index contributed by atoms with van der Waals surface area (Å²) in [6.07, 6.45) is 0. The van der Waals surface area contributed by atoms with Gasteiger partial charge in [-0.2, -0.15) is 12.6 Å². The number of hydrogen-bond acceptors (Lipinski definition) is 6. The molecule has 0 aliphatic heterocycles. The van der Waals surface area contributed by atoms with Crippen LogP contribution >= 0.6 is 47.4 Å². The number of ether oxygens (including phenoxy) is 1. The molecule has 0 radical (unpaired) electrons. The van der Waals surface area contributed by atoms with E-state index in [1.54, 1.807) is 4.68 Å². The van der Waals surface area contributed by atoms with Gasteiger partial charge in [-0.25, -0.2) is 4.68 Å². The first-order valence-electron chi connectivity index (χ1n) is 5.71. The molecule has 0 spiro atoms. The van der Waals surface area contributed by atoms with Gasteiger partial charge in [0.25, 0.3) is 5.24 Å². The molecule has 0 unspecified atom stereocenters. The number of tetrazole rings is 1. The quantitative estimate of drug-likeness (QED) is 0.628. The van der Waals surface area contributed by atoms with Crippen LogP contribution in [0.3, 0.4) is 0 Å². The van der Waals surface area contributed by atoms with Crippen LogP contribution in [0.4, 0.5) is 0 Å². The van der Waals surface area contributed by atoms with E-state index in [2.05, 4.69) is 28.2 Å². The Labute approximate surface area is 140 Å². The topological polar surface area (TPSA) is 69.9 Å². The monoisotopic (exact) mass is 366 g/mol. The van der Waals surface area contributed by atoms with Crippen LogP contribution in [-0.2, 0) is 12.3 Å². The Hall–Kier alpha value is -1.02. The predicted molar refractivity (Wildman–Crippen MR) is 82.6 cm³/mol. The highest BCUT2D eigenvalue weighted by molar-refractivity contribution is 7.79. The molecule has 2 aromatic rings. The molecular weight excluding hydrogens is 359 g/mol. The second-order valence-corrected chi connectivity index (χ2v) is 5.28. The largest absolute Gasteiger partial charge is 0.488 e. The Bertz CT molecular complexity index is 665. The van der Waals surface area contributed by atoms with E-state index >= 15 is 0 Å². The van der Waals surface area contributed by atoms with Crippen LogP contribution in [0.2, 0.25) is 10.0 Å². The Kier molecular flexibility index (Phi) is 5.69. The molecule has 0 saturated heterocycles. The fourth-order valence-electron chi connectivity index (χ4n) is 1.56. The number of carbonyl (C=O) groups excluding carboxylic acids is 1. The number of aromatic nitrogens is 4. The van der Waals surface area contributed by atoms with Crippen molar-refractivity contribution in [1.82, 2.24) is 20.2 Å². The minimum atomic E-state index is -0.681. The van der Waals surface area contributed by atoms with Gasteiger partial charge in [0, 0.05) is 0 Å². The van der Waals surface area contributed by atoms with Crippen LogP contribution < -0.4 is 4.74 Å². The van der Waals surface area contributed by atoms with Crippen LogP contribution in [0.1, 0.15) is 16.2 Å². The predicted octanol–water partition coefficient (Wildman–Crippen LogP) is 2.87. The van der Waals surface area contributed by atoms with E-state index in [4.69, 9.17) is 39.5 Å². The molecule has 1 aromatic heterocycles. The number of hydrogen-bond donors (Lipinski definition) is 1. The van der Waals surface area contributed by atoms with Crippen molar-refractivity contribution in [2.24, 2.45) is 0 Å². The van der Waals surface area contributed by atoms with Gasteiger partial charge in [0.05, 0.1) is 27.9 Å². The van der Waals surface area contributed by atoms with Crippen molar-refractivity contribution in [3.05, 3.63) is 33.6 Å². The maximum Gasteiger partial charge on any atom is 0.254 e. The molecule has 1 aromatic carbocycles. The summed E-state index contributed by atoms with van der Waals surface area (Å²) in [6, 6.07) is 2.93. The summed E-state index contributed by atoms with van der Waals surface area (Å²) in [5, 5.41) is 10.8. The van der Waals surface area contributed by atoms with Gasteiger partial charge >= 0.3 is 0 Å². The normalized spacial score (nSPS) is 10.7. The van der Waals surface area contributed by atoms with Gasteiger partial charge in [0.1, 0.15) is 6.61 Å². The second kappa shape index (κ2) is 7.31. The lowest BCUT2D eigenvalue weighted by atomic mass is 10.2. The molecule has 2 rings (SSSR count). The van der Waals surface area contributed by atoms with E-state index in [1.165, 1.54) is 12.1 Å². The third-order valence-electron chi connectivity index (χ3n) is 2.56. The standard InChI is InChI=1S/C11H9Cl3N4O2S/c12-7-2-1-6(11(14)19)9(13)10(7)20-4-3-18-8(5-21)15-16-17-18/h1-2,21H,3-5H2. The zero-order valence-electron chi connectivity index (χ0n) is 10.5. The fourth-order valence-corrected chi connectivity index (χ4v) is 2.56. The number of rotatable bonds is 6. The third-order valence-corrected chi connectivity index (χ3v) is 3.72. The molecule has 0 aliphatic rings. The van der Waals surface area contributed by atoms with Crippen molar-refractivity contribution in [1.29, 1.82) is 0 Å². The number of halogens is 3. The summed E-state index contributed by atoms with van der Waals surface area (Å²) >= 11 is 21.6. The summed E-state index contributed by atoms with van der Waals surface area (Å²) in [5.41, 5.74) is 0.135. The first-order valence-corrected chi connectivity index (χ1v) is 7.47. The fraction of sp³-hybridized carbons (Fsp3) is 0.273. The molecule has 1 heterocycles. The summed E-state index contributed by atoms with van der Waals surface area (Å²) < 4.78 is 7.06. The second-order valence-electron chi connectivity index (χ2n) is 3.84. The molecule has 0 aliphatic carbocycles. The van der Waals surface area contributed by atoms with Gasteiger partial charge in [0.2, 0.25) is 0 Å². The van der Waals surface area contributed by atoms with E-state index in [1.807, 2.05) is 0 Å². The first-order chi connectivity index (χ1) is 10.0. The maximum atomic E-state index is 11.2. The Morgan fingerprint density at radius 3 is 2.81 bits per heavy atom. The summed E-state index contributed by atoms with van der Waals surface area (Å²) in [7, 11) is 0. The van der Waals surface area contributed by atoms with Crippen LogP contribution in [0.15, 0.2) is 12.1 Å². The van der Waals surface area contributed by atoms with Gasteiger partial charge < -0.3 is 4.74 Å². The van der Waals surface area contributed by atoms with Crippen molar-refractivity contribution in [2.45, 2.75) is 12.3 Å². The highest BCUT2D eigenvalue weighted by atomic mass is 35.5. The van der Waals surface area contributed by atoms with Gasteiger partial charge in [-0.05, 0) is 34.2 Å². The molecule has 10 heteroatoms. The molecule has 6 nitrogen and oxygen atoms in total. The smallest absolute Gasteiger partial charge is 0.254 e. The molecule has 0 amide bonds. The lowest BCUT2D eigenvalue weighted by molar-refractivity contribution is 0.108. The molecule has 0 saturated carbocycles. The van der Waals surface area contributed by atoms with E-state index in [-0.39, 0.29) is 28.0 Å². The SMILES string of the molecule is O=C(Cl)c1ccc(Cl)c(OCCn2nnnc2CS)c1Cl. The van der Waals surface area contributed by atoms with Crippen molar-refractivity contribution >= 4 is 52.7 Å². The summed E-state index contributed by atoms with van der Waals surface area (Å²) in [5.74, 6) is 1.22. The number of benzene rings is 1. The summed E-state index contributed by atoms with van der Waals surface area (Å²) in [4.78, 5) is 11.2. The zero-order chi connectivity index (χ0) is 15.4. The van der Waals surface area contributed by atoms with Gasteiger partial charge in [-0.15, -0.1) is 5.10 Å².